The average Bonchev–Trinajstić information content (AvgIpc) is 3.60. The second-order valence-corrected chi connectivity index (χ2v) is 13.4. The summed E-state index contributed by atoms with van der Waals surface area (Å²) in [6.07, 6.45) is 2.53. The summed E-state index contributed by atoms with van der Waals surface area (Å²) in [5.74, 6) is 0.438. The van der Waals surface area contributed by atoms with Crippen molar-refractivity contribution in [3.63, 3.8) is 0 Å². The number of Topliss-reactive ketones (excluding diaryl/α,β-unsaturated/α-hetero) is 1. The Bertz CT molecular complexity index is 1630. The molecule has 0 unspecified atom stereocenters. The smallest absolute Gasteiger partial charge is 0.262 e. The second-order valence-electron chi connectivity index (χ2n) is 12.3. The first-order valence-electron chi connectivity index (χ1n) is 14.8. The number of carbonyl (C=O) groups is 2. The Morgan fingerprint density at radius 3 is 2.47 bits per heavy atom. The number of nitrogens with one attached hydrogen (secondary N) is 1. The van der Waals surface area contributed by atoms with Gasteiger partial charge in [0.15, 0.2) is 12.4 Å². The molecular formula is C34H39N5O3S. The predicted molar refractivity (Wildman–Crippen MR) is 170 cm³/mol. The van der Waals surface area contributed by atoms with E-state index in [1.807, 2.05) is 48.5 Å². The zero-order valence-electron chi connectivity index (χ0n) is 25.7. The van der Waals surface area contributed by atoms with Gasteiger partial charge in [0.1, 0.15) is 5.75 Å². The SMILES string of the molecule is CCC(C)(C)c1ccc(OCC(=O)Nc2ccc3c(c2)C(=O)[C@@H](Sc2nnnn2-c2ccccc2)C3)c(C(C)(C)CC)c1. The number of fused-ring (bicyclic) bond motifs is 1. The molecule has 0 radical (unpaired) electrons. The van der Waals surface area contributed by atoms with Crippen LogP contribution < -0.4 is 10.1 Å². The maximum atomic E-state index is 13.4. The number of carbonyl (C=O) groups excluding carboxylic acids is 2. The summed E-state index contributed by atoms with van der Waals surface area (Å²) < 4.78 is 7.73. The Labute approximate surface area is 257 Å². The van der Waals surface area contributed by atoms with Crippen LogP contribution in [0.4, 0.5) is 5.69 Å². The fourth-order valence-electron chi connectivity index (χ4n) is 5.07. The lowest BCUT2D eigenvalue weighted by molar-refractivity contribution is -0.118. The van der Waals surface area contributed by atoms with Crippen molar-refractivity contribution >= 4 is 29.1 Å². The van der Waals surface area contributed by atoms with E-state index in [1.54, 1.807) is 10.7 Å². The molecule has 1 heterocycles. The van der Waals surface area contributed by atoms with Crippen LogP contribution in [0.25, 0.3) is 5.69 Å². The number of hydrogen-bond donors (Lipinski definition) is 1. The average molecular weight is 598 g/mol. The van der Waals surface area contributed by atoms with E-state index in [2.05, 4.69) is 74.5 Å². The van der Waals surface area contributed by atoms with E-state index in [0.29, 0.717) is 22.8 Å². The lowest BCUT2D eigenvalue weighted by Gasteiger charge is -2.30. The number of hydrogen-bond acceptors (Lipinski definition) is 7. The highest BCUT2D eigenvalue weighted by atomic mass is 32.2. The molecule has 1 N–H and O–H groups in total. The van der Waals surface area contributed by atoms with E-state index in [0.717, 1.165) is 35.4 Å². The quantitative estimate of drug-likeness (QED) is 0.200. The van der Waals surface area contributed by atoms with Crippen molar-refractivity contribution in [2.45, 2.75) is 82.0 Å². The lowest BCUT2D eigenvalue weighted by atomic mass is 9.76. The van der Waals surface area contributed by atoms with Gasteiger partial charge in [-0.15, -0.1) is 5.10 Å². The first-order valence-corrected chi connectivity index (χ1v) is 15.7. The molecule has 1 aliphatic carbocycles. The molecule has 4 aromatic rings. The van der Waals surface area contributed by atoms with Crippen LogP contribution in [0.5, 0.6) is 5.75 Å². The molecule has 0 spiro atoms. The van der Waals surface area contributed by atoms with Crippen LogP contribution in [0.3, 0.4) is 0 Å². The third-order valence-electron chi connectivity index (χ3n) is 8.66. The minimum Gasteiger partial charge on any atom is -0.483 e. The van der Waals surface area contributed by atoms with E-state index < -0.39 is 0 Å². The van der Waals surface area contributed by atoms with E-state index >= 15 is 0 Å². The number of rotatable bonds is 11. The van der Waals surface area contributed by atoms with Crippen molar-refractivity contribution in [3.8, 4) is 11.4 Å². The van der Waals surface area contributed by atoms with Crippen LogP contribution in [0.1, 0.15) is 81.4 Å². The van der Waals surface area contributed by atoms with Crippen molar-refractivity contribution in [1.82, 2.24) is 20.2 Å². The summed E-state index contributed by atoms with van der Waals surface area (Å²) in [5.41, 5.74) is 5.25. The van der Waals surface area contributed by atoms with Gasteiger partial charge in [-0.2, -0.15) is 4.68 Å². The molecule has 5 rings (SSSR count). The number of ketones is 1. The van der Waals surface area contributed by atoms with Gasteiger partial charge in [-0.05, 0) is 82.0 Å². The van der Waals surface area contributed by atoms with Crippen molar-refractivity contribution < 1.29 is 14.3 Å². The highest BCUT2D eigenvalue weighted by Crippen LogP contribution is 2.39. The Hall–Kier alpha value is -3.98. The van der Waals surface area contributed by atoms with Crippen molar-refractivity contribution in [1.29, 1.82) is 0 Å². The van der Waals surface area contributed by atoms with Gasteiger partial charge in [0.05, 0.1) is 10.9 Å². The third-order valence-corrected chi connectivity index (χ3v) is 9.79. The van der Waals surface area contributed by atoms with E-state index in [1.165, 1.54) is 17.3 Å². The van der Waals surface area contributed by atoms with E-state index in [-0.39, 0.29) is 34.4 Å². The molecule has 0 saturated heterocycles. The largest absolute Gasteiger partial charge is 0.483 e. The van der Waals surface area contributed by atoms with Gasteiger partial charge in [0.25, 0.3) is 5.91 Å². The van der Waals surface area contributed by atoms with Crippen molar-refractivity contribution in [3.05, 3.63) is 89.0 Å². The standard InChI is InChI=1S/C34H39N5O3S/c1-7-33(3,4)23-15-17-28(27(19-23)34(5,6)8-2)42-21-30(40)35-24-16-14-22-18-29(31(41)26(22)20-24)43-32-36-37-38-39(32)25-12-10-9-11-13-25/h9-17,19-20,29H,7-8,18,21H2,1-6H3,(H,35,40)/t29-/m0/s1. The first kappa shape index (κ1) is 30.5. The van der Waals surface area contributed by atoms with Gasteiger partial charge in [-0.1, -0.05) is 89.7 Å². The molecule has 0 saturated carbocycles. The third kappa shape index (κ3) is 6.51. The van der Waals surface area contributed by atoms with Crippen LogP contribution in [0, 0.1) is 0 Å². The van der Waals surface area contributed by atoms with Gasteiger partial charge in [0, 0.05) is 16.8 Å². The zero-order valence-corrected chi connectivity index (χ0v) is 26.5. The van der Waals surface area contributed by atoms with Crippen LogP contribution >= 0.6 is 11.8 Å². The molecule has 43 heavy (non-hydrogen) atoms. The topological polar surface area (TPSA) is 99.0 Å². The maximum Gasteiger partial charge on any atom is 0.262 e. The Balaban J connectivity index is 1.25. The monoisotopic (exact) mass is 597 g/mol. The highest BCUT2D eigenvalue weighted by molar-refractivity contribution is 8.00. The Kier molecular flexibility index (Phi) is 8.74. The molecule has 1 aromatic heterocycles. The van der Waals surface area contributed by atoms with Gasteiger partial charge in [-0.25, -0.2) is 0 Å². The molecule has 9 heteroatoms. The highest BCUT2D eigenvalue weighted by Gasteiger charge is 2.33. The summed E-state index contributed by atoms with van der Waals surface area (Å²) in [4.78, 5) is 26.3. The summed E-state index contributed by atoms with van der Waals surface area (Å²) in [6.45, 7) is 13.1. The summed E-state index contributed by atoms with van der Waals surface area (Å²) >= 11 is 1.35. The summed E-state index contributed by atoms with van der Waals surface area (Å²) in [6, 6.07) is 21.4. The van der Waals surface area contributed by atoms with E-state index in [9.17, 15) is 9.59 Å². The van der Waals surface area contributed by atoms with Crippen molar-refractivity contribution in [2.24, 2.45) is 0 Å². The number of aromatic nitrogens is 4. The number of thioether (sulfide) groups is 1. The van der Waals surface area contributed by atoms with Gasteiger partial charge in [-0.3, -0.25) is 9.59 Å². The fourth-order valence-corrected chi connectivity index (χ4v) is 6.15. The summed E-state index contributed by atoms with van der Waals surface area (Å²) in [7, 11) is 0. The minimum absolute atomic E-state index is 0.00325. The number of ether oxygens (including phenoxy) is 1. The fraction of sp³-hybridized carbons (Fsp3) is 0.382. The molecule has 0 bridgehead atoms. The molecule has 1 amide bonds. The normalized spacial score (nSPS) is 14.9. The van der Waals surface area contributed by atoms with Gasteiger partial charge >= 0.3 is 0 Å². The Morgan fingerprint density at radius 1 is 1.00 bits per heavy atom. The molecular weight excluding hydrogens is 558 g/mol. The number of para-hydroxylation sites is 1. The number of anilines is 1. The number of nitrogens with zero attached hydrogens (tertiary/aromatic N) is 4. The number of tetrazole rings is 1. The predicted octanol–water partition coefficient (Wildman–Crippen LogP) is 6.95. The van der Waals surface area contributed by atoms with Crippen LogP contribution in [0.2, 0.25) is 0 Å². The molecule has 3 aromatic carbocycles. The maximum absolute atomic E-state index is 13.4. The van der Waals surface area contributed by atoms with Crippen LogP contribution in [0.15, 0.2) is 71.9 Å². The minimum atomic E-state index is -0.348. The summed E-state index contributed by atoms with van der Waals surface area (Å²) in [5, 5.41) is 15.2. The Morgan fingerprint density at radius 2 is 1.74 bits per heavy atom. The van der Waals surface area contributed by atoms with Crippen LogP contribution in [-0.4, -0.2) is 43.8 Å². The van der Waals surface area contributed by atoms with Crippen LogP contribution in [-0.2, 0) is 22.0 Å². The molecule has 1 atom stereocenters. The lowest BCUT2D eigenvalue weighted by Crippen LogP contribution is -2.24. The van der Waals surface area contributed by atoms with Crippen molar-refractivity contribution in [2.75, 3.05) is 11.9 Å². The first-order chi connectivity index (χ1) is 20.5. The second kappa shape index (κ2) is 12.3. The molecule has 0 aliphatic heterocycles. The van der Waals surface area contributed by atoms with Gasteiger partial charge < -0.3 is 10.1 Å². The van der Waals surface area contributed by atoms with Gasteiger partial charge in [0.2, 0.25) is 5.16 Å². The zero-order chi connectivity index (χ0) is 30.8. The molecule has 0 fully saturated rings. The number of amides is 1. The molecule has 1 aliphatic rings. The molecule has 224 valence electrons. The number of benzene rings is 3. The molecule has 8 nitrogen and oxygen atoms in total. The van der Waals surface area contributed by atoms with E-state index in [4.69, 9.17) is 4.74 Å².